The predicted molar refractivity (Wildman–Crippen MR) is 70.5 cm³/mol. The molecular weight excluding hydrogens is 232 g/mol. The highest BCUT2D eigenvalue weighted by Gasteiger charge is 2.14. The molecule has 0 saturated carbocycles. The number of nitrogens with zero attached hydrogens (tertiary/aromatic N) is 3. The standard InChI is InChI=1S/C12H22N4O2/c1-5-16(6-7-17)8-11(18)13-12-9(2)14-15(4)10(12)3/h17H,5-8H2,1-4H3,(H,13,18). The summed E-state index contributed by atoms with van der Waals surface area (Å²) >= 11 is 0. The normalized spacial score (nSPS) is 11.0. The van der Waals surface area contributed by atoms with Gasteiger partial charge in [-0.05, 0) is 20.4 Å². The van der Waals surface area contributed by atoms with Crippen LogP contribution >= 0.6 is 0 Å². The summed E-state index contributed by atoms with van der Waals surface area (Å²) in [6.45, 7) is 7.34. The fourth-order valence-electron chi connectivity index (χ4n) is 1.83. The number of hydrogen-bond acceptors (Lipinski definition) is 4. The Kier molecular flexibility index (Phi) is 5.30. The predicted octanol–water partition coefficient (Wildman–Crippen LogP) is 0.290. The van der Waals surface area contributed by atoms with Crippen LogP contribution in [0.3, 0.4) is 0 Å². The highest BCUT2D eigenvalue weighted by atomic mass is 16.3. The summed E-state index contributed by atoms with van der Waals surface area (Å²) in [6.07, 6.45) is 0. The van der Waals surface area contributed by atoms with Crippen LogP contribution in [0.15, 0.2) is 0 Å². The maximum absolute atomic E-state index is 11.9. The number of aliphatic hydroxyl groups is 1. The van der Waals surface area contributed by atoms with Gasteiger partial charge in [0.1, 0.15) is 0 Å². The number of hydrogen-bond donors (Lipinski definition) is 2. The van der Waals surface area contributed by atoms with E-state index in [9.17, 15) is 4.79 Å². The van der Waals surface area contributed by atoms with Crippen molar-refractivity contribution in [2.24, 2.45) is 7.05 Å². The summed E-state index contributed by atoms with van der Waals surface area (Å²) in [5.41, 5.74) is 2.53. The van der Waals surface area contributed by atoms with Gasteiger partial charge >= 0.3 is 0 Å². The lowest BCUT2D eigenvalue weighted by molar-refractivity contribution is -0.117. The quantitative estimate of drug-likeness (QED) is 0.765. The van der Waals surface area contributed by atoms with Gasteiger partial charge in [0.05, 0.1) is 30.2 Å². The summed E-state index contributed by atoms with van der Waals surface area (Å²) in [7, 11) is 1.85. The van der Waals surface area contributed by atoms with Crippen LogP contribution < -0.4 is 5.32 Å². The van der Waals surface area contributed by atoms with E-state index in [1.807, 2.05) is 32.7 Å². The zero-order valence-electron chi connectivity index (χ0n) is 11.5. The number of aliphatic hydroxyl groups excluding tert-OH is 1. The molecule has 0 aliphatic rings. The molecule has 0 aromatic carbocycles. The Morgan fingerprint density at radius 1 is 1.50 bits per heavy atom. The first-order chi connectivity index (χ1) is 8.49. The number of nitrogens with one attached hydrogen (secondary N) is 1. The van der Waals surface area contributed by atoms with Crippen LogP contribution in [0.25, 0.3) is 0 Å². The van der Waals surface area contributed by atoms with Crippen molar-refractivity contribution in [3.05, 3.63) is 11.4 Å². The highest BCUT2D eigenvalue weighted by molar-refractivity contribution is 5.93. The van der Waals surface area contributed by atoms with Crippen LogP contribution in [-0.4, -0.2) is 51.9 Å². The van der Waals surface area contributed by atoms with Gasteiger partial charge in [-0.25, -0.2) is 0 Å². The van der Waals surface area contributed by atoms with Gasteiger partial charge in [0, 0.05) is 13.6 Å². The maximum atomic E-state index is 11.9. The van der Waals surface area contributed by atoms with Gasteiger partial charge in [-0.2, -0.15) is 5.10 Å². The molecular formula is C12H22N4O2. The molecule has 2 N–H and O–H groups in total. The highest BCUT2D eigenvalue weighted by Crippen LogP contribution is 2.17. The zero-order chi connectivity index (χ0) is 13.7. The van der Waals surface area contributed by atoms with Crippen molar-refractivity contribution in [3.8, 4) is 0 Å². The Hall–Kier alpha value is -1.40. The molecule has 6 nitrogen and oxygen atoms in total. The summed E-state index contributed by atoms with van der Waals surface area (Å²) < 4.78 is 1.75. The Morgan fingerprint density at radius 2 is 2.17 bits per heavy atom. The molecule has 0 bridgehead atoms. The molecule has 0 aliphatic carbocycles. The van der Waals surface area contributed by atoms with E-state index >= 15 is 0 Å². The molecule has 1 rings (SSSR count). The second-order valence-corrected chi connectivity index (χ2v) is 4.31. The summed E-state index contributed by atoms with van der Waals surface area (Å²) in [4.78, 5) is 13.8. The van der Waals surface area contributed by atoms with E-state index < -0.39 is 0 Å². The minimum absolute atomic E-state index is 0.0616. The van der Waals surface area contributed by atoms with Crippen molar-refractivity contribution < 1.29 is 9.90 Å². The number of likely N-dealkylation sites (N-methyl/N-ethyl adjacent to an activating group) is 1. The topological polar surface area (TPSA) is 70.4 Å². The molecule has 1 aromatic rings. The van der Waals surface area contributed by atoms with Crippen LogP contribution in [0, 0.1) is 13.8 Å². The Bertz CT molecular complexity index is 414. The average molecular weight is 254 g/mol. The molecule has 6 heteroatoms. The fraction of sp³-hybridized carbons (Fsp3) is 0.667. The van der Waals surface area contributed by atoms with E-state index in [-0.39, 0.29) is 19.1 Å². The Morgan fingerprint density at radius 3 is 2.61 bits per heavy atom. The molecule has 0 aliphatic heterocycles. The number of aromatic nitrogens is 2. The molecule has 0 fully saturated rings. The third-order valence-electron chi connectivity index (χ3n) is 3.00. The van der Waals surface area contributed by atoms with Gasteiger partial charge in [-0.1, -0.05) is 6.92 Å². The van der Waals surface area contributed by atoms with Crippen LogP contribution in [0.4, 0.5) is 5.69 Å². The van der Waals surface area contributed by atoms with Crippen molar-refractivity contribution in [2.75, 3.05) is 31.6 Å². The third kappa shape index (κ3) is 3.54. The van der Waals surface area contributed by atoms with Gasteiger partial charge in [0.2, 0.25) is 5.91 Å². The lowest BCUT2D eigenvalue weighted by Gasteiger charge is -2.18. The molecule has 0 radical (unpaired) electrons. The first-order valence-electron chi connectivity index (χ1n) is 6.12. The van der Waals surface area contributed by atoms with E-state index in [1.54, 1.807) is 4.68 Å². The second kappa shape index (κ2) is 6.51. The van der Waals surface area contributed by atoms with Gasteiger partial charge in [0.15, 0.2) is 0 Å². The molecule has 0 spiro atoms. The smallest absolute Gasteiger partial charge is 0.238 e. The third-order valence-corrected chi connectivity index (χ3v) is 3.00. The fourth-order valence-corrected chi connectivity index (χ4v) is 1.83. The van der Waals surface area contributed by atoms with Gasteiger partial charge < -0.3 is 10.4 Å². The van der Waals surface area contributed by atoms with Crippen molar-refractivity contribution >= 4 is 11.6 Å². The SMILES string of the molecule is CCN(CCO)CC(=O)Nc1c(C)nn(C)c1C. The number of amides is 1. The average Bonchev–Trinajstić information content (AvgIpc) is 2.55. The molecule has 18 heavy (non-hydrogen) atoms. The second-order valence-electron chi connectivity index (χ2n) is 4.31. The molecule has 102 valence electrons. The molecule has 0 unspecified atom stereocenters. The van der Waals surface area contributed by atoms with Gasteiger partial charge in [0.25, 0.3) is 0 Å². The molecule has 1 heterocycles. The zero-order valence-corrected chi connectivity index (χ0v) is 11.5. The minimum Gasteiger partial charge on any atom is -0.395 e. The van der Waals surface area contributed by atoms with Crippen molar-refractivity contribution in [3.63, 3.8) is 0 Å². The largest absolute Gasteiger partial charge is 0.395 e. The monoisotopic (exact) mass is 254 g/mol. The van der Waals surface area contributed by atoms with Crippen molar-refractivity contribution in [2.45, 2.75) is 20.8 Å². The van der Waals surface area contributed by atoms with E-state index in [0.717, 1.165) is 23.6 Å². The van der Waals surface area contributed by atoms with Gasteiger partial charge in [-0.3, -0.25) is 14.4 Å². The molecule has 0 saturated heterocycles. The van der Waals surface area contributed by atoms with Gasteiger partial charge in [-0.15, -0.1) is 0 Å². The minimum atomic E-state index is -0.0792. The van der Waals surface area contributed by atoms with Crippen molar-refractivity contribution in [1.82, 2.24) is 14.7 Å². The lowest BCUT2D eigenvalue weighted by Crippen LogP contribution is -2.35. The van der Waals surface area contributed by atoms with E-state index in [4.69, 9.17) is 5.11 Å². The van der Waals surface area contributed by atoms with Crippen molar-refractivity contribution in [1.29, 1.82) is 0 Å². The van der Waals surface area contributed by atoms with Crippen LogP contribution in [-0.2, 0) is 11.8 Å². The first kappa shape index (κ1) is 14.7. The first-order valence-corrected chi connectivity index (χ1v) is 6.12. The molecule has 0 atom stereocenters. The number of carbonyl (C=O) groups is 1. The van der Waals surface area contributed by atoms with E-state index in [0.29, 0.717) is 6.54 Å². The summed E-state index contributed by atoms with van der Waals surface area (Å²) in [5, 5.41) is 16.0. The lowest BCUT2D eigenvalue weighted by atomic mass is 10.3. The summed E-state index contributed by atoms with van der Waals surface area (Å²) in [5.74, 6) is -0.0792. The van der Waals surface area contributed by atoms with E-state index in [2.05, 4.69) is 10.4 Å². The number of rotatable bonds is 6. The molecule has 1 amide bonds. The number of anilines is 1. The summed E-state index contributed by atoms with van der Waals surface area (Å²) in [6, 6.07) is 0. The molecule has 1 aromatic heterocycles. The Balaban J connectivity index is 2.64. The van der Waals surface area contributed by atoms with Crippen LogP contribution in [0.5, 0.6) is 0 Å². The van der Waals surface area contributed by atoms with Crippen LogP contribution in [0.2, 0.25) is 0 Å². The number of carbonyl (C=O) groups excluding carboxylic acids is 1. The van der Waals surface area contributed by atoms with Crippen LogP contribution in [0.1, 0.15) is 18.3 Å². The Labute approximate surface area is 108 Å². The number of aryl methyl sites for hydroxylation is 2. The maximum Gasteiger partial charge on any atom is 0.238 e. The van der Waals surface area contributed by atoms with E-state index in [1.165, 1.54) is 0 Å².